The summed E-state index contributed by atoms with van der Waals surface area (Å²) in [4.78, 5) is 13.2. The van der Waals surface area contributed by atoms with Crippen molar-refractivity contribution in [2.45, 2.75) is 0 Å². The molecule has 0 atom stereocenters. The number of rotatable bonds is 2. The fraction of sp³-hybridized carbons (Fsp3) is 0.200. The van der Waals surface area contributed by atoms with Crippen molar-refractivity contribution in [3.63, 3.8) is 0 Å². The third-order valence-electron chi connectivity index (χ3n) is 2.27. The molecule has 0 spiro atoms. The fourth-order valence-corrected chi connectivity index (χ4v) is 1.57. The van der Waals surface area contributed by atoms with Gasteiger partial charge in [-0.05, 0) is 6.07 Å². The zero-order chi connectivity index (χ0) is 11.5. The molecule has 1 aromatic carbocycles. The summed E-state index contributed by atoms with van der Waals surface area (Å²) in [6.45, 7) is 1.56. The van der Waals surface area contributed by atoms with Crippen molar-refractivity contribution in [3.05, 3.63) is 39.4 Å². The van der Waals surface area contributed by atoms with Crippen molar-refractivity contribution in [1.29, 1.82) is 5.26 Å². The molecule has 16 heavy (non-hydrogen) atoms. The van der Waals surface area contributed by atoms with Crippen LogP contribution in [0.25, 0.3) is 0 Å². The SMILES string of the molecule is N#Cc1cc(C2=[NH+]CCN2)cc([N+](=O)[O-])c1. The number of nitrogens with one attached hydrogen (secondary N) is 2. The molecule has 6 nitrogen and oxygen atoms in total. The van der Waals surface area contributed by atoms with Gasteiger partial charge in [0.2, 0.25) is 0 Å². The van der Waals surface area contributed by atoms with E-state index < -0.39 is 4.92 Å². The Balaban J connectivity index is 2.49. The topological polar surface area (TPSA) is 92.9 Å². The first kappa shape index (κ1) is 10.1. The molecule has 6 heteroatoms. The maximum absolute atomic E-state index is 10.7. The van der Waals surface area contributed by atoms with E-state index in [4.69, 9.17) is 5.26 Å². The molecule has 0 amide bonds. The van der Waals surface area contributed by atoms with Crippen LogP contribution in [0.2, 0.25) is 0 Å². The molecule has 0 bridgehead atoms. The Morgan fingerprint density at radius 3 is 2.88 bits per heavy atom. The summed E-state index contributed by atoms with van der Waals surface area (Å²) in [5, 5.41) is 22.5. The first-order valence-corrected chi connectivity index (χ1v) is 4.75. The van der Waals surface area contributed by atoms with Crippen LogP contribution in [-0.2, 0) is 0 Å². The normalized spacial score (nSPS) is 13.8. The van der Waals surface area contributed by atoms with Gasteiger partial charge in [-0.2, -0.15) is 5.26 Å². The van der Waals surface area contributed by atoms with Gasteiger partial charge in [0.05, 0.1) is 22.1 Å². The lowest BCUT2D eigenvalue weighted by atomic mass is 10.1. The summed E-state index contributed by atoms with van der Waals surface area (Å²) in [6, 6.07) is 6.24. The van der Waals surface area contributed by atoms with Crippen LogP contribution in [-0.4, -0.2) is 23.8 Å². The molecule has 80 valence electrons. The number of nitro groups is 1. The maximum Gasteiger partial charge on any atom is 0.275 e. The van der Waals surface area contributed by atoms with Gasteiger partial charge in [-0.25, -0.2) is 0 Å². The second-order valence-corrected chi connectivity index (χ2v) is 3.37. The minimum atomic E-state index is -0.500. The third-order valence-corrected chi connectivity index (χ3v) is 2.27. The molecule has 0 aliphatic carbocycles. The summed E-state index contributed by atoms with van der Waals surface area (Å²) in [6.07, 6.45) is 0. The van der Waals surface area contributed by atoms with E-state index in [0.717, 1.165) is 18.9 Å². The summed E-state index contributed by atoms with van der Waals surface area (Å²) in [5.41, 5.74) is 0.854. The highest BCUT2D eigenvalue weighted by Gasteiger charge is 2.19. The molecule has 0 saturated heterocycles. The molecular formula is C10H9N4O2+. The zero-order valence-corrected chi connectivity index (χ0v) is 8.36. The van der Waals surface area contributed by atoms with Crippen LogP contribution < -0.4 is 10.3 Å². The van der Waals surface area contributed by atoms with Crippen molar-refractivity contribution < 1.29 is 9.92 Å². The average molecular weight is 217 g/mol. The molecule has 0 radical (unpaired) electrons. The highest BCUT2D eigenvalue weighted by Crippen LogP contribution is 2.16. The number of nitro benzene ring substituents is 1. The first-order chi connectivity index (χ1) is 7.70. The number of non-ortho nitro benzene ring substituents is 1. The van der Waals surface area contributed by atoms with Crippen LogP contribution in [0.4, 0.5) is 5.69 Å². The molecule has 0 saturated carbocycles. The van der Waals surface area contributed by atoms with Crippen molar-refractivity contribution in [2.24, 2.45) is 0 Å². The van der Waals surface area contributed by atoms with Crippen molar-refractivity contribution in [3.8, 4) is 6.07 Å². The molecular weight excluding hydrogens is 208 g/mol. The van der Waals surface area contributed by atoms with Gasteiger partial charge < -0.3 is 0 Å². The third kappa shape index (κ3) is 1.83. The Morgan fingerprint density at radius 1 is 1.50 bits per heavy atom. The van der Waals surface area contributed by atoms with Crippen LogP contribution in [0.3, 0.4) is 0 Å². The van der Waals surface area contributed by atoms with Crippen LogP contribution in [0, 0.1) is 21.4 Å². The highest BCUT2D eigenvalue weighted by molar-refractivity contribution is 5.95. The lowest BCUT2D eigenvalue weighted by molar-refractivity contribution is -0.444. The fourth-order valence-electron chi connectivity index (χ4n) is 1.57. The summed E-state index contributed by atoms with van der Waals surface area (Å²) in [5.74, 6) is 0.736. The Bertz CT molecular complexity index is 516. The largest absolute Gasteiger partial charge is 0.275 e. The predicted octanol–water partition coefficient (Wildman–Crippen LogP) is -1.10. The molecule has 1 aromatic rings. The lowest BCUT2D eigenvalue weighted by Gasteiger charge is -1.98. The predicted molar refractivity (Wildman–Crippen MR) is 55.8 cm³/mol. The number of hydrogen-bond donors (Lipinski definition) is 2. The molecule has 1 heterocycles. The molecule has 1 aliphatic heterocycles. The minimum absolute atomic E-state index is 0.0722. The van der Waals surface area contributed by atoms with Gasteiger partial charge in [-0.3, -0.25) is 20.4 Å². The van der Waals surface area contributed by atoms with E-state index in [1.807, 2.05) is 6.07 Å². The number of benzene rings is 1. The van der Waals surface area contributed by atoms with Crippen LogP contribution in [0.1, 0.15) is 11.1 Å². The van der Waals surface area contributed by atoms with E-state index >= 15 is 0 Å². The second-order valence-electron chi connectivity index (χ2n) is 3.37. The van der Waals surface area contributed by atoms with E-state index in [2.05, 4.69) is 10.3 Å². The van der Waals surface area contributed by atoms with Gasteiger partial charge >= 0.3 is 0 Å². The molecule has 0 unspecified atom stereocenters. The summed E-state index contributed by atoms with van der Waals surface area (Å²) >= 11 is 0. The monoisotopic (exact) mass is 217 g/mol. The van der Waals surface area contributed by atoms with Gasteiger partial charge in [-0.1, -0.05) is 0 Å². The van der Waals surface area contributed by atoms with Gasteiger partial charge in [0.1, 0.15) is 13.1 Å². The molecule has 0 fully saturated rings. The number of hydrogen-bond acceptors (Lipinski definition) is 4. The molecule has 1 aliphatic rings. The standard InChI is InChI=1S/C10H8N4O2/c11-6-7-3-8(10-12-1-2-13-10)5-9(4-7)14(15)16/h3-5H,1-2H2,(H,12,13)/p+1. The number of amidine groups is 1. The smallest absolute Gasteiger partial charge is 0.270 e. The Kier molecular flexibility index (Phi) is 2.52. The maximum atomic E-state index is 10.7. The van der Waals surface area contributed by atoms with Crippen LogP contribution in [0.15, 0.2) is 18.2 Å². The zero-order valence-electron chi connectivity index (χ0n) is 8.36. The second kappa shape index (κ2) is 3.98. The highest BCUT2D eigenvalue weighted by atomic mass is 16.6. The van der Waals surface area contributed by atoms with E-state index in [9.17, 15) is 10.1 Å². The number of nitrogens with zero attached hydrogens (tertiary/aromatic N) is 2. The summed E-state index contributed by atoms with van der Waals surface area (Å²) in [7, 11) is 0. The Morgan fingerprint density at radius 2 is 2.31 bits per heavy atom. The van der Waals surface area contributed by atoms with Crippen molar-refractivity contribution >= 4 is 11.5 Å². The van der Waals surface area contributed by atoms with Crippen LogP contribution >= 0.6 is 0 Å². The van der Waals surface area contributed by atoms with Crippen molar-refractivity contribution in [2.75, 3.05) is 13.1 Å². The van der Waals surface area contributed by atoms with Gasteiger partial charge in [0.15, 0.2) is 0 Å². The molecule has 2 N–H and O–H groups in total. The molecule has 2 rings (SSSR count). The average Bonchev–Trinajstić information content (AvgIpc) is 2.81. The van der Waals surface area contributed by atoms with E-state index in [1.165, 1.54) is 12.1 Å². The first-order valence-electron chi connectivity index (χ1n) is 4.75. The Labute approximate surface area is 91.4 Å². The lowest BCUT2D eigenvalue weighted by Crippen LogP contribution is -2.70. The van der Waals surface area contributed by atoms with Gasteiger partial charge in [-0.15, -0.1) is 0 Å². The van der Waals surface area contributed by atoms with Crippen LogP contribution in [0.5, 0.6) is 0 Å². The van der Waals surface area contributed by atoms with Gasteiger partial charge in [0.25, 0.3) is 11.5 Å². The van der Waals surface area contributed by atoms with Gasteiger partial charge in [0, 0.05) is 12.1 Å². The molecule has 0 aromatic heterocycles. The van der Waals surface area contributed by atoms with E-state index in [-0.39, 0.29) is 11.3 Å². The number of nitriles is 1. The Hall–Kier alpha value is -2.42. The minimum Gasteiger partial charge on any atom is -0.270 e. The quantitative estimate of drug-likeness (QED) is 0.485. The van der Waals surface area contributed by atoms with Crippen molar-refractivity contribution in [1.82, 2.24) is 5.32 Å². The van der Waals surface area contributed by atoms with E-state index in [1.54, 1.807) is 6.07 Å². The summed E-state index contributed by atoms with van der Waals surface area (Å²) < 4.78 is 0. The van der Waals surface area contributed by atoms with E-state index in [0.29, 0.717) is 5.56 Å².